The first kappa shape index (κ1) is 23.6. The number of allylic oxidation sites excluding steroid dienone is 2. The summed E-state index contributed by atoms with van der Waals surface area (Å²) in [7, 11) is 1.81. The fourth-order valence-corrected chi connectivity index (χ4v) is 8.14. The minimum absolute atomic E-state index is 0.0338. The summed E-state index contributed by atoms with van der Waals surface area (Å²) in [6.07, 6.45) is 7.02. The maximum absolute atomic E-state index is 10.8. The second-order valence-corrected chi connectivity index (χ2v) is 15.5. The number of hydrogen-bond acceptors (Lipinski definition) is 5. The van der Waals surface area contributed by atoms with Gasteiger partial charge >= 0.3 is 175 Å². The Morgan fingerprint density at radius 1 is 1.38 bits per heavy atom. The summed E-state index contributed by atoms with van der Waals surface area (Å²) in [5.74, 6) is 0.282. The first-order valence-corrected chi connectivity index (χ1v) is 17.7. The topological polar surface area (TPSA) is 84.4 Å². The van der Waals surface area contributed by atoms with Gasteiger partial charge in [-0.1, -0.05) is 0 Å². The molecule has 170 valence electrons. The number of carboxylic acid groups (broad SMARTS) is 1. The molecule has 0 aliphatic carbocycles. The number of alkyl halides is 2. The van der Waals surface area contributed by atoms with Crippen LogP contribution < -0.4 is 0 Å². The van der Waals surface area contributed by atoms with Crippen molar-refractivity contribution in [2.75, 3.05) is 30.0 Å². The molecule has 3 aromatic rings. The van der Waals surface area contributed by atoms with Gasteiger partial charge in [-0.25, -0.2) is 0 Å². The summed E-state index contributed by atoms with van der Waals surface area (Å²) in [5, 5.41) is 14.9. The van der Waals surface area contributed by atoms with Crippen LogP contribution in [0.4, 0.5) is 0 Å². The number of nitrogens with zero attached hydrogens (tertiary/aromatic N) is 4. The molecular weight excluding hydrogens is 658 g/mol. The minimum Gasteiger partial charge on any atom is -0.480 e. The minimum atomic E-state index is -1.23. The van der Waals surface area contributed by atoms with Crippen LogP contribution in [0, 0.1) is 0 Å². The van der Waals surface area contributed by atoms with Crippen molar-refractivity contribution in [3.8, 4) is 11.5 Å². The quantitative estimate of drug-likeness (QED) is 0.256. The van der Waals surface area contributed by atoms with Crippen LogP contribution in [-0.4, -0.2) is 62.9 Å². The van der Waals surface area contributed by atoms with Crippen LogP contribution >= 0.6 is 52.4 Å². The summed E-state index contributed by atoms with van der Waals surface area (Å²) in [5.41, 5.74) is 3.14. The van der Waals surface area contributed by atoms with E-state index in [9.17, 15) is 4.79 Å². The number of aliphatic carboxylic acids is 1. The molecule has 0 fully saturated rings. The number of benzene rings is 1. The monoisotopic (exact) mass is 680 g/mol. The van der Waals surface area contributed by atoms with E-state index in [1.807, 2.05) is 25.4 Å². The van der Waals surface area contributed by atoms with Crippen molar-refractivity contribution in [3.05, 3.63) is 53.0 Å². The predicted octanol–water partition coefficient (Wildman–Crippen LogP) is 5.33. The molecule has 0 saturated carbocycles. The summed E-state index contributed by atoms with van der Waals surface area (Å²) in [6.45, 7) is 0.706. The molecular formula is C22H23ClI2N4O3. The Labute approximate surface area is 208 Å². The van der Waals surface area contributed by atoms with E-state index in [-0.39, 0.29) is 27.3 Å². The van der Waals surface area contributed by atoms with Gasteiger partial charge in [-0.2, -0.15) is 0 Å². The number of carboxylic acids is 1. The molecule has 0 radical (unpaired) electrons. The van der Waals surface area contributed by atoms with Gasteiger partial charge in [0.15, 0.2) is 0 Å². The van der Waals surface area contributed by atoms with E-state index < -0.39 is 26.1 Å². The Balaban J connectivity index is 1.53. The standard InChI is InChI=1S/C22H23ClI2N4O3/c1-25(2)29-12-17(23)16-11-15(4-5-19(16)29)22-26-21(27-32-22)18-10-14(6-8-24-18)7-9-28(3)13-20(30)31/h4-6,8,10-12H,7,9,13H2,1-3H3,(H,30,31). The summed E-state index contributed by atoms with van der Waals surface area (Å²) < 4.78 is 11.2. The van der Waals surface area contributed by atoms with Gasteiger partial charge in [-0.3, -0.25) is 9.69 Å². The molecule has 0 amide bonds. The molecule has 0 saturated heterocycles. The van der Waals surface area contributed by atoms with E-state index in [0.717, 1.165) is 37.1 Å². The molecule has 0 spiro atoms. The number of rotatable bonds is 8. The maximum atomic E-state index is 10.8. The Morgan fingerprint density at radius 2 is 2.19 bits per heavy atom. The average molecular weight is 681 g/mol. The average Bonchev–Trinajstić information content (AvgIpc) is 3.37. The molecule has 0 atom stereocenters. The molecule has 0 unspecified atom stereocenters. The van der Waals surface area contributed by atoms with E-state index in [1.165, 1.54) is 0 Å². The summed E-state index contributed by atoms with van der Waals surface area (Å²) in [6, 6.07) is 6.10. The van der Waals surface area contributed by atoms with Crippen molar-refractivity contribution in [2.45, 2.75) is 6.42 Å². The molecule has 1 aliphatic rings. The number of carbonyl (C=O) groups is 1. The number of fused-ring (bicyclic) bond motifs is 1. The van der Waals surface area contributed by atoms with Crippen molar-refractivity contribution in [2.24, 2.45) is 0 Å². The predicted molar refractivity (Wildman–Crippen MR) is 147 cm³/mol. The fourth-order valence-electron chi connectivity index (χ4n) is 3.32. The van der Waals surface area contributed by atoms with Gasteiger partial charge in [0, 0.05) is 6.54 Å². The van der Waals surface area contributed by atoms with E-state index in [1.54, 1.807) is 4.90 Å². The third kappa shape index (κ3) is 5.32. The molecule has 1 N–H and O–H groups in total. The molecule has 1 aliphatic heterocycles. The molecule has 0 bridgehead atoms. The van der Waals surface area contributed by atoms with Crippen molar-refractivity contribution in [1.29, 1.82) is 0 Å². The molecule has 1 aromatic carbocycles. The van der Waals surface area contributed by atoms with Gasteiger partial charge in [0.25, 0.3) is 0 Å². The molecule has 10 heteroatoms. The second kappa shape index (κ2) is 10.1. The zero-order chi connectivity index (χ0) is 22.8. The first-order chi connectivity index (χ1) is 15.3. The molecule has 7 nitrogen and oxygen atoms in total. The van der Waals surface area contributed by atoms with Crippen LogP contribution in [0.25, 0.3) is 25.9 Å². The van der Waals surface area contributed by atoms with Gasteiger partial charge in [-0.15, -0.1) is 0 Å². The largest absolute Gasteiger partial charge is 0.480 e. The van der Waals surface area contributed by atoms with Crippen LogP contribution in [0.1, 0.15) is 12.2 Å². The Kier molecular flexibility index (Phi) is 7.47. The van der Waals surface area contributed by atoms with Gasteiger partial charge in [0.1, 0.15) is 0 Å². The number of halogens is 3. The van der Waals surface area contributed by atoms with E-state index >= 15 is 0 Å². The van der Waals surface area contributed by atoms with E-state index in [4.69, 9.17) is 21.2 Å². The van der Waals surface area contributed by atoms with Gasteiger partial charge in [0.05, 0.1) is 6.54 Å². The number of aromatic nitrogens is 3. The molecule has 3 heterocycles. The van der Waals surface area contributed by atoms with Crippen LogP contribution in [-0.2, 0) is 4.79 Å². The van der Waals surface area contributed by atoms with Gasteiger partial charge in [-0.05, 0) is 7.05 Å². The van der Waals surface area contributed by atoms with Gasteiger partial charge in [0.2, 0.25) is 0 Å². The van der Waals surface area contributed by atoms with Crippen molar-refractivity contribution in [3.63, 3.8) is 0 Å². The van der Waals surface area contributed by atoms with Crippen molar-refractivity contribution in [1.82, 2.24) is 17.8 Å². The zero-order valence-electron chi connectivity index (χ0n) is 17.8. The molecule has 32 heavy (non-hydrogen) atoms. The molecule has 2 aromatic heterocycles. The van der Waals surface area contributed by atoms with Gasteiger partial charge < -0.3 is 5.11 Å². The Hall–Kier alpha value is -1.57. The maximum Gasteiger partial charge on any atom is 0.317 e. The Bertz CT molecular complexity index is 1260. The Morgan fingerprint density at radius 3 is 2.94 bits per heavy atom. The van der Waals surface area contributed by atoms with Crippen LogP contribution in [0.15, 0.2) is 46.6 Å². The summed E-state index contributed by atoms with van der Waals surface area (Å²) in [4.78, 5) is 21.8. The van der Waals surface area contributed by atoms with Crippen LogP contribution in [0.3, 0.4) is 0 Å². The van der Waals surface area contributed by atoms with Crippen molar-refractivity contribution < 1.29 is 14.4 Å². The number of hydrogen-bond donors (Lipinski definition) is 1. The third-order valence-corrected chi connectivity index (χ3v) is 10.3. The SMILES string of the molecule is CN(CCC1=CC=IC(c2noc(-c3ccc4c(c3)c(Cl)cn4I(C)C)n2)=C1)CC(=O)O. The van der Waals surface area contributed by atoms with Crippen molar-refractivity contribution >= 4 is 76.9 Å². The van der Waals surface area contributed by atoms with Crippen LogP contribution in [0.5, 0.6) is 0 Å². The first-order valence-electron chi connectivity index (χ1n) is 9.75. The second-order valence-electron chi connectivity index (χ2n) is 7.51. The molecule has 4 rings (SSSR count). The smallest absolute Gasteiger partial charge is 0.317 e. The van der Waals surface area contributed by atoms with E-state index in [0.29, 0.717) is 18.3 Å². The third-order valence-electron chi connectivity index (χ3n) is 4.92. The normalized spacial score (nSPS) is 14.3. The fraction of sp³-hybridized carbons (Fsp3) is 0.273. The summed E-state index contributed by atoms with van der Waals surface area (Å²) >= 11 is 4.92. The number of likely N-dealkylation sites (N-methyl/N-ethyl adjacent to an activating group) is 1. The van der Waals surface area contributed by atoms with E-state index in [2.05, 4.69) is 45.0 Å². The zero-order valence-corrected chi connectivity index (χ0v) is 22.9. The van der Waals surface area contributed by atoms with Crippen LogP contribution in [0.2, 0.25) is 5.02 Å².